The van der Waals surface area contributed by atoms with Gasteiger partial charge in [0.25, 0.3) is 0 Å². The van der Waals surface area contributed by atoms with E-state index in [1.54, 1.807) is 0 Å². The molecule has 2 aliphatic rings. The second-order valence-electron chi connectivity index (χ2n) is 4.70. The average molecular weight is 276 g/mol. The summed E-state index contributed by atoms with van der Waals surface area (Å²) in [6.45, 7) is -0.600. The molecule has 0 radical (unpaired) electrons. The van der Waals surface area contributed by atoms with Gasteiger partial charge in [0.05, 0.1) is 0 Å². The van der Waals surface area contributed by atoms with Crippen molar-refractivity contribution in [3.63, 3.8) is 0 Å². The maximum Gasteiger partial charge on any atom is 0.509 e. The summed E-state index contributed by atoms with van der Waals surface area (Å²) < 4.78 is 20.0. The maximum absolute atomic E-state index is 10.6. The predicted octanol–water partition coefficient (Wildman–Crippen LogP) is 1.78. The summed E-state index contributed by atoms with van der Waals surface area (Å²) in [4.78, 5) is 21.2. The molecule has 0 aromatic carbocycles. The van der Waals surface area contributed by atoms with Crippen LogP contribution in [0.5, 0.6) is 0 Å². The Morgan fingerprint density at radius 3 is 1.79 bits per heavy atom. The fraction of sp³-hybridized carbons (Fsp3) is 0.818. The number of carbonyl (C=O) groups is 2. The molecule has 0 aromatic heterocycles. The molecule has 1 heterocycles. The first-order valence-corrected chi connectivity index (χ1v) is 6.07. The van der Waals surface area contributed by atoms with E-state index in [4.69, 9.17) is 19.7 Å². The molecule has 2 N–H and O–H groups in total. The smallest absolute Gasteiger partial charge is 0.450 e. The fourth-order valence-corrected chi connectivity index (χ4v) is 2.40. The number of carboxylic acid groups (broad SMARTS) is 2. The van der Waals surface area contributed by atoms with Gasteiger partial charge in [0.15, 0.2) is 5.79 Å². The third-order valence-electron chi connectivity index (χ3n) is 3.27. The molecule has 1 saturated heterocycles. The van der Waals surface area contributed by atoms with Crippen LogP contribution in [0.4, 0.5) is 9.59 Å². The second-order valence-corrected chi connectivity index (χ2v) is 4.70. The average Bonchev–Trinajstić information content (AvgIpc) is 2.33. The number of rotatable bonds is 2. The maximum atomic E-state index is 10.6. The van der Waals surface area contributed by atoms with E-state index in [2.05, 4.69) is 9.47 Å². The molecule has 8 heteroatoms. The van der Waals surface area contributed by atoms with Crippen LogP contribution in [-0.2, 0) is 18.9 Å². The van der Waals surface area contributed by atoms with Crippen LogP contribution < -0.4 is 0 Å². The molecule has 1 spiro atoms. The normalized spacial score (nSPS) is 24.6. The van der Waals surface area contributed by atoms with E-state index in [9.17, 15) is 9.59 Å². The Hall–Kier alpha value is -1.54. The van der Waals surface area contributed by atoms with E-state index in [0.717, 1.165) is 19.3 Å². The van der Waals surface area contributed by atoms with Gasteiger partial charge in [0.1, 0.15) is 13.2 Å². The van der Waals surface area contributed by atoms with Gasteiger partial charge in [-0.1, -0.05) is 6.42 Å². The molecule has 19 heavy (non-hydrogen) atoms. The lowest BCUT2D eigenvalue weighted by Gasteiger charge is -2.45. The van der Waals surface area contributed by atoms with Crippen molar-refractivity contribution in [1.82, 2.24) is 0 Å². The van der Waals surface area contributed by atoms with Crippen LogP contribution in [-0.4, -0.2) is 47.3 Å². The Balaban J connectivity index is 2.03. The van der Waals surface area contributed by atoms with Gasteiger partial charge in [-0.05, 0) is 12.8 Å². The van der Waals surface area contributed by atoms with Crippen LogP contribution in [0.3, 0.4) is 0 Å². The fourth-order valence-electron chi connectivity index (χ4n) is 2.40. The Bertz CT molecular complexity index is 332. The highest BCUT2D eigenvalue weighted by Gasteiger charge is 2.50. The van der Waals surface area contributed by atoms with E-state index in [0.29, 0.717) is 12.8 Å². The van der Waals surface area contributed by atoms with Crippen LogP contribution in [0, 0.1) is 0 Å². The van der Waals surface area contributed by atoms with Gasteiger partial charge < -0.3 is 29.2 Å². The second kappa shape index (κ2) is 5.22. The summed E-state index contributed by atoms with van der Waals surface area (Å²) in [5.74, 6) is -2.70. The molecule has 8 nitrogen and oxygen atoms in total. The Kier molecular flexibility index (Phi) is 3.81. The first-order valence-electron chi connectivity index (χ1n) is 6.07. The van der Waals surface area contributed by atoms with Gasteiger partial charge in [0, 0.05) is 12.8 Å². The quantitative estimate of drug-likeness (QED) is 0.579. The molecular weight excluding hydrogens is 260 g/mol. The van der Waals surface area contributed by atoms with Crippen molar-refractivity contribution >= 4 is 12.3 Å². The van der Waals surface area contributed by atoms with Crippen molar-refractivity contribution in [3.05, 3.63) is 0 Å². The lowest BCUT2D eigenvalue weighted by atomic mass is 9.93. The van der Waals surface area contributed by atoms with Crippen molar-refractivity contribution in [3.8, 4) is 0 Å². The standard InChI is InChI=1S/C11H16O8/c12-8(13)18-11(19-9(14)15)6-16-10(17-7-11)4-2-1-3-5-10/h1-7H2,(H,12,13)(H,14,15). The van der Waals surface area contributed by atoms with Crippen LogP contribution in [0.1, 0.15) is 32.1 Å². The van der Waals surface area contributed by atoms with Gasteiger partial charge in [-0.3, -0.25) is 0 Å². The first kappa shape index (κ1) is 13.9. The summed E-state index contributed by atoms with van der Waals surface area (Å²) in [5.41, 5.74) is 0. The molecule has 1 aliphatic carbocycles. The van der Waals surface area contributed by atoms with Crippen molar-refractivity contribution in [2.24, 2.45) is 0 Å². The SMILES string of the molecule is O=C(O)OC1(OC(=O)O)COC2(CCCCC2)OC1. The summed E-state index contributed by atoms with van der Waals surface area (Å²) in [6, 6.07) is 0. The lowest BCUT2D eigenvalue weighted by Crippen LogP contribution is -2.58. The minimum absolute atomic E-state index is 0.300. The van der Waals surface area contributed by atoms with E-state index in [-0.39, 0.29) is 13.2 Å². The van der Waals surface area contributed by atoms with Crippen LogP contribution in [0.25, 0.3) is 0 Å². The van der Waals surface area contributed by atoms with E-state index in [1.165, 1.54) is 0 Å². The van der Waals surface area contributed by atoms with Gasteiger partial charge >= 0.3 is 18.1 Å². The minimum Gasteiger partial charge on any atom is -0.450 e. The molecule has 1 saturated carbocycles. The van der Waals surface area contributed by atoms with Gasteiger partial charge in [-0.25, -0.2) is 9.59 Å². The zero-order chi connectivity index (χ0) is 13.9. The minimum atomic E-state index is -1.94. The van der Waals surface area contributed by atoms with Gasteiger partial charge in [0.2, 0.25) is 0 Å². The highest BCUT2D eigenvalue weighted by atomic mass is 16.8. The molecule has 0 bridgehead atoms. The van der Waals surface area contributed by atoms with E-state index in [1.807, 2.05) is 0 Å². The van der Waals surface area contributed by atoms with Crippen molar-refractivity contribution in [2.45, 2.75) is 43.7 Å². The molecule has 0 atom stereocenters. The highest BCUT2D eigenvalue weighted by molar-refractivity contribution is 5.60. The van der Waals surface area contributed by atoms with Gasteiger partial charge in [-0.2, -0.15) is 0 Å². The molecule has 108 valence electrons. The molecule has 0 unspecified atom stereocenters. The zero-order valence-corrected chi connectivity index (χ0v) is 10.3. The molecule has 2 fully saturated rings. The number of hydrogen-bond donors (Lipinski definition) is 2. The van der Waals surface area contributed by atoms with Crippen molar-refractivity contribution < 1.29 is 38.7 Å². The highest BCUT2D eigenvalue weighted by Crippen LogP contribution is 2.38. The molecule has 2 rings (SSSR count). The third kappa shape index (κ3) is 3.27. The summed E-state index contributed by atoms with van der Waals surface area (Å²) in [7, 11) is 0. The molecule has 1 aliphatic heterocycles. The zero-order valence-electron chi connectivity index (χ0n) is 10.3. The predicted molar refractivity (Wildman–Crippen MR) is 58.7 cm³/mol. The number of ether oxygens (including phenoxy) is 4. The first-order chi connectivity index (χ1) is 8.95. The summed E-state index contributed by atoms with van der Waals surface area (Å²) in [6.07, 6.45) is 1.10. The lowest BCUT2D eigenvalue weighted by molar-refractivity contribution is -0.371. The van der Waals surface area contributed by atoms with Crippen molar-refractivity contribution in [1.29, 1.82) is 0 Å². The largest absolute Gasteiger partial charge is 0.509 e. The Labute approximate surface area is 109 Å². The monoisotopic (exact) mass is 276 g/mol. The molecular formula is C11H16O8. The Morgan fingerprint density at radius 1 is 0.895 bits per heavy atom. The number of hydrogen-bond acceptors (Lipinski definition) is 6. The molecule has 0 aromatic rings. The van der Waals surface area contributed by atoms with Crippen molar-refractivity contribution in [2.75, 3.05) is 13.2 Å². The summed E-state index contributed by atoms with van der Waals surface area (Å²) in [5, 5.41) is 17.3. The summed E-state index contributed by atoms with van der Waals surface area (Å²) >= 11 is 0. The van der Waals surface area contributed by atoms with Crippen LogP contribution >= 0.6 is 0 Å². The topological polar surface area (TPSA) is 112 Å². The van der Waals surface area contributed by atoms with Crippen LogP contribution in [0.15, 0.2) is 0 Å². The van der Waals surface area contributed by atoms with E-state index >= 15 is 0 Å². The third-order valence-corrected chi connectivity index (χ3v) is 3.27. The molecule has 0 amide bonds. The Morgan fingerprint density at radius 2 is 1.37 bits per heavy atom. The van der Waals surface area contributed by atoms with E-state index < -0.39 is 23.9 Å². The van der Waals surface area contributed by atoms with Crippen LogP contribution in [0.2, 0.25) is 0 Å². The van der Waals surface area contributed by atoms with Gasteiger partial charge in [-0.15, -0.1) is 0 Å².